The van der Waals surface area contributed by atoms with Gasteiger partial charge in [-0.25, -0.2) is 0 Å². The Morgan fingerprint density at radius 1 is 1.20 bits per heavy atom. The number of amides is 2. The number of rotatable bonds is 8. The highest BCUT2D eigenvalue weighted by atomic mass is 16.5. The number of methoxy groups -OCH3 is 1. The second kappa shape index (κ2) is 8.73. The molecular formula is C13H18N2O5. The van der Waals surface area contributed by atoms with Gasteiger partial charge in [-0.15, -0.1) is 0 Å². The topological polar surface area (TPSA) is 97.6 Å². The predicted molar refractivity (Wildman–Crippen MR) is 69.9 cm³/mol. The first kappa shape index (κ1) is 15.7. The van der Waals surface area contributed by atoms with Crippen molar-refractivity contribution in [2.45, 2.75) is 19.3 Å². The molecule has 20 heavy (non-hydrogen) atoms. The molecule has 0 fully saturated rings. The molecule has 0 aliphatic heterocycles. The first-order chi connectivity index (χ1) is 9.63. The Kier molecular flexibility index (Phi) is 6.88. The Morgan fingerprint density at radius 2 is 2.00 bits per heavy atom. The second-order valence-electron chi connectivity index (χ2n) is 4.01. The van der Waals surface area contributed by atoms with Crippen LogP contribution in [0.4, 0.5) is 0 Å². The smallest absolute Gasteiger partial charge is 0.307 e. The minimum Gasteiger partial charge on any atom is -0.469 e. The highest BCUT2D eigenvalue weighted by Gasteiger charge is 2.08. The van der Waals surface area contributed by atoms with Gasteiger partial charge in [0.1, 0.15) is 0 Å². The molecule has 1 aromatic heterocycles. The summed E-state index contributed by atoms with van der Waals surface area (Å²) >= 11 is 0. The van der Waals surface area contributed by atoms with Crippen molar-refractivity contribution in [3.63, 3.8) is 0 Å². The van der Waals surface area contributed by atoms with E-state index in [-0.39, 0.29) is 42.9 Å². The zero-order chi connectivity index (χ0) is 14.8. The molecule has 0 atom stereocenters. The summed E-state index contributed by atoms with van der Waals surface area (Å²) in [4.78, 5) is 33.7. The summed E-state index contributed by atoms with van der Waals surface area (Å²) in [5.41, 5.74) is 0. The van der Waals surface area contributed by atoms with Crippen molar-refractivity contribution in [1.29, 1.82) is 0 Å². The predicted octanol–water partition coefficient (Wildman–Crippen LogP) is 0.469. The first-order valence-corrected chi connectivity index (χ1v) is 6.28. The van der Waals surface area contributed by atoms with E-state index in [1.165, 1.54) is 13.4 Å². The van der Waals surface area contributed by atoms with Crippen LogP contribution >= 0.6 is 0 Å². The third-order valence-electron chi connectivity index (χ3n) is 2.49. The van der Waals surface area contributed by atoms with Gasteiger partial charge < -0.3 is 19.8 Å². The Labute approximate surface area is 116 Å². The molecule has 7 nitrogen and oxygen atoms in total. The number of nitrogens with one attached hydrogen (secondary N) is 2. The molecule has 2 amide bonds. The van der Waals surface area contributed by atoms with Gasteiger partial charge in [-0.1, -0.05) is 0 Å². The molecular weight excluding hydrogens is 264 g/mol. The normalized spacial score (nSPS) is 9.85. The molecule has 0 aromatic carbocycles. The largest absolute Gasteiger partial charge is 0.469 e. The lowest BCUT2D eigenvalue weighted by molar-refractivity contribution is -0.140. The Bertz CT molecular complexity index is 442. The van der Waals surface area contributed by atoms with E-state index in [0.717, 1.165) is 0 Å². The fourth-order valence-corrected chi connectivity index (χ4v) is 1.44. The summed E-state index contributed by atoms with van der Waals surface area (Å²) in [5.74, 6) is -0.592. The summed E-state index contributed by atoms with van der Waals surface area (Å²) in [5, 5.41) is 5.23. The van der Waals surface area contributed by atoms with Crippen LogP contribution < -0.4 is 10.6 Å². The maximum Gasteiger partial charge on any atom is 0.307 e. The van der Waals surface area contributed by atoms with Crippen LogP contribution in [0.3, 0.4) is 0 Å². The Morgan fingerprint density at radius 3 is 2.65 bits per heavy atom. The number of ether oxygens (including phenoxy) is 1. The van der Waals surface area contributed by atoms with Crippen molar-refractivity contribution in [2.24, 2.45) is 0 Å². The maximum atomic E-state index is 11.5. The van der Waals surface area contributed by atoms with Gasteiger partial charge in [-0.3, -0.25) is 14.4 Å². The molecule has 110 valence electrons. The average molecular weight is 282 g/mol. The second-order valence-corrected chi connectivity index (χ2v) is 4.01. The van der Waals surface area contributed by atoms with Gasteiger partial charge >= 0.3 is 5.97 Å². The van der Waals surface area contributed by atoms with Crippen molar-refractivity contribution in [1.82, 2.24) is 10.6 Å². The monoisotopic (exact) mass is 282 g/mol. The quantitative estimate of drug-likeness (QED) is 0.533. The molecule has 0 aliphatic carbocycles. The van der Waals surface area contributed by atoms with Gasteiger partial charge in [0.05, 0.1) is 19.8 Å². The summed E-state index contributed by atoms with van der Waals surface area (Å²) in [6.45, 7) is 0.633. The summed E-state index contributed by atoms with van der Waals surface area (Å²) in [6, 6.07) is 3.19. The van der Waals surface area contributed by atoms with E-state index >= 15 is 0 Å². The van der Waals surface area contributed by atoms with Crippen LogP contribution in [-0.2, 0) is 14.3 Å². The molecule has 0 bridgehead atoms. The standard InChI is InChI=1S/C13H18N2O5/c1-19-12(17)6-8-14-11(16)5-2-7-15-13(18)10-4-3-9-20-10/h3-4,9H,2,5-8H2,1H3,(H,14,16)(H,15,18). The van der Waals surface area contributed by atoms with Gasteiger partial charge in [0, 0.05) is 19.5 Å². The average Bonchev–Trinajstić information content (AvgIpc) is 2.97. The van der Waals surface area contributed by atoms with Crippen LogP contribution in [-0.4, -0.2) is 38.0 Å². The molecule has 1 aromatic rings. The van der Waals surface area contributed by atoms with Crippen LogP contribution in [0.2, 0.25) is 0 Å². The lowest BCUT2D eigenvalue weighted by Gasteiger charge is -2.05. The van der Waals surface area contributed by atoms with E-state index in [2.05, 4.69) is 15.4 Å². The maximum absolute atomic E-state index is 11.5. The molecule has 0 aliphatic rings. The molecule has 7 heteroatoms. The van der Waals surface area contributed by atoms with Gasteiger partial charge in [0.2, 0.25) is 5.91 Å². The molecule has 0 saturated heterocycles. The highest BCUT2D eigenvalue weighted by molar-refractivity contribution is 5.91. The van der Waals surface area contributed by atoms with E-state index in [1.807, 2.05) is 0 Å². The van der Waals surface area contributed by atoms with E-state index in [0.29, 0.717) is 13.0 Å². The zero-order valence-corrected chi connectivity index (χ0v) is 11.3. The number of esters is 1. The van der Waals surface area contributed by atoms with Crippen LogP contribution in [0.5, 0.6) is 0 Å². The SMILES string of the molecule is COC(=O)CCNC(=O)CCCNC(=O)c1ccco1. The van der Waals surface area contributed by atoms with Crippen molar-refractivity contribution in [2.75, 3.05) is 20.2 Å². The molecule has 0 unspecified atom stereocenters. The molecule has 1 rings (SSSR count). The summed E-state index contributed by atoms with van der Waals surface area (Å²) in [7, 11) is 1.30. The lowest BCUT2D eigenvalue weighted by atomic mass is 10.3. The molecule has 0 saturated carbocycles. The highest BCUT2D eigenvalue weighted by Crippen LogP contribution is 1.99. The minimum atomic E-state index is -0.365. The molecule has 1 heterocycles. The van der Waals surface area contributed by atoms with E-state index in [9.17, 15) is 14.4 Å². The van der Waals surface area contributed by atoms with E-state index in [4.69, 9.17) is 4.42 Å². The van der Waals surface area contributed by atoms with Gasteiger partial charge in [-0.2, -0.15) is 0 Å². The van der Waals surface area contributed by atoms with Crippen LogP contribution in [0.15, 0.2) is 22.8 Å². The fraction of sp³-hybridized carbons (Fsp3) is 0.462. The lowest BCUT2D eigenvalue weighted by Crippen LogP contribution is -2.28. The van der Waals surface area contributed by atoms with Crippen molar-refractivity contribution >= 4 is 17.8 Å². The Hall–Kier alpha value is -2.31. The van der Waals surface area contributed by atoms with Gasteiger partial charge in [-0.05, 0) is 18.6 Å². The van der Waals surface area contributed by atoms with Crippen molar-refractivity contribution < 1.29 is 23.5 Å². The van der Waals surface area contributed by atoms with Crippen molar-refractivity contribution in [3.05, 3.63) is 24.2 Å². The van der Waals surface area contributed by atoms with Gasteiger partial charge in [0.25, 0.3) is 5.91 Å². The number of carbonyl (C=O) groups is 3. The minimum absolute atomic E-state index is 0.150. The van der Waals surface area contributed by atoms with Crippen molar-refractivity contribution in [3.8, 4) is 0 Å². The number of hydrogen-bond donors (Lipinski definition) is 2. The molecule has 2 N–H and O–H groups in total. The van der Waals surface area contributed by atoms with Gasteiger partial charge in [0.15, 0.2) is 5.76 Å². The summed E-state index contributed by atoms with van der Waals surface area (Å²) in [6.07, 6.45) is 2.36. The fourth-order valence-electron chi connectivity index (χ4n) is 1.44. The first-order valence-electron chi connectivity index (χ1n) is 6.28. The van der Waals surface area contributed by atoms with E-state index in [1.54, 1.807) is 12.1 Å². The zero-order valence-electron chi connectivity index (χ0n) is 11.3. The van der Waals surface area contributed by atoms with Crippen LogP contribution in [0.25, 0.3) is 0 Å². The molecule has 0 radical (unpaired) electrons. The summed E-state index contributed by atoms with van der Waals surface area (Å²) < 4.78 is 9.37. The van der Waals surface area contributed by atoms with Crippen LogP contribution in [0, 0.1) is 0 Å². The Balaban J connectivity index is 2.04. The van der Waals surface area contributed by atoms with Crippen LogP contribution in [0.1, 0.15) is 29.8 Å². The number of hydrogen-bond acceptors (Lipinski definition) is 5. The van der Waals surface area contributed by atoms with E-state index < -0.39 is 0 Å². The molecule has 0 spiro atoms. The number of carbonyl (C=O) groups excluding carboxylic acids is 3. The third kappa shape index (κ3) is 6.03. The third-order valence-corrected chi connectivity index (χ3v) is 2.49. The number of furan rings is 1.